The first-order valence-electron chi connectivity index (χ1n) is 4.75. The molecule has 0 saturated heterocycles. The smallest absolute Gasteiger partial charge is 0.225 e. The number of unbranched alkanes of at least 4 members (excludes halogenated alkanes) is 1. The van der Waals surface area contributed by atoms with Gasteiger partial charge in [0.1, 0.15) is 11.0 Å². The highest BCUT2D eigenvalue weighted by molar-refractivity contribution is 6.29. The van der Waals surface area contributed by atoms with Crippen LogP contribution < -0.4 is 5.32 Å². The van der Waals surface area contributed by atoms with Crippen LogP contribution in [-0.2, 0) is 4.79 Å². The molecule has 0 atom stereocenters. The SMILES string of the molecule is O=C(CCCCO)Nc1cccc(Cl)n1. The van der Waals surface area contributed by atoms with Crippen LogP contribution in [0, 0.1) is 0 Å². The van der Waals surface area contributed by atoms with Crippen LogP contribution in [0.25, 0.3) is 0 Å². The van der Waals surface area contributed by atoms with Crippen molar-refractivity contribution in [3.8, 4) is 0 Å². The summed E-state index contributed by atoms with van der Waals surface area (Å²) in [5.41, 5.74) is 0. The lowest BCUT2D eigenvalue weighted by atomic mass is 10.2. The Hall–Kier alpha value is -1.13. The second kappa shape index (κ2) is 6.37. The molecule has 0 radical (unpaired) electrons. The Balaban J connectivity index is 2.37. The third-order valence-corrected chi connectivity index (χ3v) is 2.01. The summed E-state index contributed by atoms with van der Waals surface area (Å²) >= 11 is 5.66. The van der Waals surface area contributed by atoms with Crippen LogP contribution in [0.1, 0.15) is 19.3 Å². The molecule has 1 heterocycles. The lowest BCUT2D eigenvalue weighted by Gasteiger charge is -2.03. The number of aliphatic hydroxyl groups is 1. The first-order valence-corrected chi connectivity index (χ1v) is 5.13. The molecule has 1 rings (SSSR count). The van der Waals surface area contributed by atoms with Crippen LogP contribution in [0.3, 0.4) is 0 Å². The monoisotopic (exact) mass is 228 g/mol. The topological polar surface area (TPSA) is 62.2 Å². The van der Waals surface area contributed by atoms with Gasteiger partial charge in [-0.3, -0.25) is 4.79 Å². The lowest BCUT2D eigenvalue weighted by molar-refractivity contribution is -0.116. The molecular weight excluding hydrogens is 216 g/mol. The predicted octanol–water partition coefficient (Wildman–Crippen LogP) is 1.84. The zero-order chi connectivity index (χ0) is 11.1. The van der Waals surface area contributed by atoms with Gasteiger partial charge in [-0.2, -0.15) is 0 Å². The van der Waals surface area contributed by atoms with Gasteiger partial charge >= 0.3 is 0 Å². The fraction of sp³-hybridized carbons (Fsp3) is 0.400. The number of halogens is 1. The Bertz CT molecular complexity index is 331. The van der Waals surface area contributed by atoms with Gasteiger partial charge in [0.05, 0.1) is 0 Å². The van der Waals surface area contributed by atoms with Gasteiger partial charge in [0, 0.05) is 13.0 Å². The second-order valence-electron chi connectivity index (χ2n) is 3.07. The van der Waals surface area contributed by atoms with E-state index in [9.17, 15) is 4.79 Å². The Morgan fingerprint density at radius 1 is 1.47 bits per heavy atom. The van der Waals surface area contributed by atoms with Crippen molar-refractivity contribution in [2.45, 2.75) is 19.3 Å². The molecule has 1 aromatic heterocycles. The molecule has 2 N–H and O–H groups in total. The van der Waals surface area contributed by atoms with Gasteiger partial charge in [-0.15, -0.1) is 0 Å². The summed E-state index contributed by atoms with van der Waals surface area (Å²) in [6.07, 6.45) is 1.69. The van der Waals surface area contributed by atoms with E-state index in [2.05, 4.69) is 10.3 Å². The number of nitrogens with one attached hydrogen (secondary N) is 1. The van der Waals surface area contributed by atoms with Gasteiger partial charge in [-0.1, -0.05) is 17.7 Å². The van der Waals surface area contributed by atoms with Crippen molar-refractivity contribution in [3.63, 3.8) is 0 Å². The summed E-state index contributed by atoms with van der Waals surface area (Å²) in [7, 11) is 0. The molecule has 0 unspecified atom stereocenters. The number of rotatable bonds is 5. The summed E-state index contributed by atoms with van der Waals surface area (Å²) in [5.74, 6) is 0.342. The minimum Gasteiger partial charge on any atom is -0.396 e. The van der Waals surface area contributed by atoms with Crippen molar-refractivity contribution in [1.29, 1.82) is 0 Å². The maximum Gasteiger partial charge on any atom is 0.225 e. The van der Waals surface area contributed by atoms with Crippen LogP contribution in [0.2, 0.25) is 5.15 Å². The summed E-state index contributed by atoms with van der Waals surface area (Å²) in [5, 5.41) is 11.5. The largest absolute Gasteiger partial charge is 0.396 e. The Labute approximate surface area is 93.3 Å². The van der Waals surface area contributed by atoms with Gasteiger partial charge in [-0.25, -0.2) is 4.98 Å². The van der Waals surface area contributed by atoms with E-state index in [-0.39, 0.29) is 12.5 Å². The highest BCUT2D eigenvalue weighted by atomic mass is 35.5. The molecule has 0 aliphatic heterocycles. The highest BCUT2D eigenvalue weighted by Gasteiger charge is 2.02. The third kappa shape index (κ3) is 4.76. The predicted molar refractivity (Wildman–Crippen MR) is 58.8 cm³/mol. The molecule has 82 valence electrons. The minimum atomic E-state index is -0.113. The number of amides is 1. The number of aromatic nitrogens is 1. The summed E-state index contributed by atoms with van der Waals surface area (Å²) in [4.78, 5) is 15.2. The molecule has 1 aromatic rings. The molecule has 0 fully saturated rings. The fourth-order valence-electron chi connectivity index (χ4n) is 1.08. The van der Waals surface area contributed by atoms with E-state index >= 15 is 0 Å². The Kier molecular flexibility index (Phi) is 5.07. The van der Waals surface area contributed by atoms with Crippen LogP contribution in [0.15, 0.2) is 18.2 Å². The molecule has 0 bridgehead atoms. The van der Waals surface area contributed by atoms with E-state index in [1.54, 1.807) is 18.2 Å². The maximum absolute atomic E-state index is 11.3. The molecule has 0 aliphatic rings. The molecule has 0 spiro atoms. The lowest BCUT2D eigenvalue weighted by Crippen LogP contribution is -2.12. The number of nitrogens with zero attached hydrogens (tertiary/aromatic N) is 1. The average molecular weight is 229 g/mol. The molecule has 5 heteroatoms. The zero-order valence-electron chi connectivity index (χ0n) is 8.24. The highest BCUT2D eigenvalue weighted by Crippen LogP contribution is 2.09. The summed E-state index contributed by atoms with van der Waals surface area (Å²) < 4.78 is 0. The third-order valence-electron chi connectivity index (χ3n) is 1.79. The van der Waals surface area contributed by atoms with E-state index in [0.717, 1.165) is 0 Å². The van der Waals surface area contributed by atoms with Gasteiger partial charge in [-0.05, 0) is 25.0 Å². The first kappa shape index (κ1) is 11.9. The van der Waals surface area contributed by atoms with E-state index in [1.165, 1.54) is 0 Å². The van der Waals surface area contributed by atoms with Crippen LogP contribution in [-0.4, -0.2) is 22.6 Å². The molecule has 0 aliphatic carbocycles. The van der Waals surface area contributed by atoms with Gasteiger partial charge in [0.2, 0.25) is 5.91 Å². The minimum absolute atomic E-state index is 0.113. The summed E-state index contributed by atoms with van der Waals surface area (Å²) in [6.45, 7) is 0.114. The van der Waals surface area contributed by atoms with Crippen LogP contribution in [0.5, 0.6) is 0 Å². The van der Waals surface area contributed by atoms with Crippen molar-refractivity contribution in [2.75, 3.05) is 11.9 Å². The molecule has 0 aromatic carbocycles. The number of carbonyl (C=O) groups excluding carboxylic acids is 1. The number of aliphatic hydroxyl groups excluding tert-OH is 1. The zero-order valence-corrected chi connectivity index (χ0v) is 9.00. The van der Waals surface area contributed by atoms with Crippen molar-refractivity contribution in [2.24, 2.45) is 0 Å². The van der Waals surface area contributed by atoms with Crippen molar-refractivity contribution in [3.05, 3.63) is 23.4 Å². The summed E-state index contributed by atoms with van der Waals surface area (Å²) in [6, 6.07) is 5.04. The van der Waals surface area contributed by atoms with Crippen molar-refractivity contribution in [1.82, 2.24) is 4.98 Å². The number of anilines is 1. The quantitative estimate of drug-likeness (QED) is 0.597. The number of carbonyl (C=O) groups is 1. The molecule has 4 nitrogen and oxygen atoms in total. The molecule has 1 amide bonds. The normalized spacial score (nSPS) is 10.0. The van der Waals surface area contributed by atoms with Crippen LogP contribution in [0.4, 0.5) is 5.82 Å². The number of pyridine rings is 1. The molecule has 0 saturated carbocycles. The maximum atomic E-state index is 11.3. The van der Waals surface area contributed by atoms with E-state index in [4.69, 9.17) is 16.7 Å². The second-order valence-corrected chi connectivity index (χ2v) is 3.46. The van der Waals surface area contributed by atoms with E-state index in [0.29, 0.717) is 30.2 Å². The molecule has 15 heavy (non-hydrogen) atoms. The average Bonchev–Trinajstić information content (AvgIpc) is 2.18. The molecular formula is C10H13ClN2O2. The van der Waals surface area contributed by atoms with E-state index in [1.807, 2.05) is 0 Å². The fourth-order valence-corrected chi connectivity index (χ4v) is 1.24. The van der Waals surface area contributed by atoms with Crippen molar-refractivity contribution >= 4 is 23.3 Å². The van der Waals surface area contributed by atoms with Crippen molar-refractivity contribution < 1.29 is 9.90 Å². The Morgan fingerprint density at radius 3 is 2.93 bits per heavy atom. The van der Waals surface area contributed by atoms with Gasteiger partial charge in [0.25, 0.3) is 0 Å². The van der Waals surface area contributed by atoms with Gasteiger partial charge < -0.3 is 10.4 Å². The Morgan fingerprint density at radius 2 is 2.27 bits per heavy atom. The first-order chi connectivity index (χ1) is 7.22. The van der Waals surface area contributed by atoms with Crippen LogP contribution >= 0.6 is 11.6 Å². The number of hydrogen-bond donors (Lipinski definition) is 2. The van der Waals surface area contributed by atoms with E-state index < -0.39 is 0 Å². The standard InChI is InChI=1S/C10H13ClN2O2/c11-8-4-3-5-9(12-8)13-10(15)6-1-2-7-14/h3-5,14H,1-2,6-7H2,(H,12,13,15). The number of hydrogen-bond acceptors (Lipinski definition) is 3. The van der Waals surface area contributed by atoms with Gasteiger partial charge in [0.15, 0.2) is 0 Å².